The lowest BCUT2D eigenvalue weighted by Gasteiger charge is -2.34. The lowest BCUT2D eigenvalue weighted by Crippen LogP contribution is -2.52. The van der Waals surface area contributed by atoms with E-state index in [-0.39, 0.29) is 67.1 Å². The molecule has 2 atom stereocenters. The maximum absolute atomic E-state index is 13.9. The summed E-state index contributed by atoms with van der Waals surface area (Å²) in [5.41, 5.74) is 1.40. The van der Waals surface area contributed by atoms with E-state index in [9.17, 15) is 48.2 Å². The van der Waals surface area contributed by atoms with Crippen LogP contribution in [-0.2, 0) is 25.6 Å². The van der Waals surface area contributed by atoms with Crippen LogP contribution < -0.4 is 10.6 Å². The van der Waals surface area contributed by atoms with E-state index in [0.29, 0.717) is 63.0 Å². The van der Waals surface area contributed by atoms with E-state index in [1.54, 1.807) is 28.1 Å². The highest BCUT2D eigenvalue weighted by molar-refractivity contribution is 6.00. The number of aromatic nitrogens is 3. The van der Waals surface area contributed by atoms with Crippen molar-refractivity contribution in [3.63, 3.8) is 0 Å². The van der Waals surface area contributed by atoms with E-state index in [0.717, 1.165) is 0 Å². The maximum atomic E-state index is 13.9. The molecule has 4 rings (SSSR count). The minimum absolute atomic E-state index is 0.00415. The van der Waals surface area contributed by atoms with E-state index in [1.165, 1.54) is 10.7 Å². The minimum atomic E-state index is -1.53. The van der Waals surface area contributed by atoms with Gasteiger partial charge in [0.1, 0.15) is 12.1 Å². The third-order valence-corrected chi connectivity index (χ3v) is 9.78. The third-order valence-electron chi connectivity index (χ3n) is 9.78. The van der Waals surface area contributed by atoms with E-state index in [2.05, 4.69) is 20.9 Å². The highest BCUT2D eigenvalue weighted by Crippen LogP contribution is 2.27. The molecule has 18 nitrogen and oxygen atoms in total. The van der Waals surface area contributed by atoms with Gasteiger partial charge >= 0.3 is 29.9 Å². The molecule has 0 bridgehead atoms. The lowest BCUT2D eigenvalue weighted by atomic mass is 9.89. The number of carbonyl (C=O) groups excluding carboxylic acids is 3. The first-order valence-corrected chi connectivity index (χ1v) is 17.9. The molecule has 0 spiro atoms. The Morgan fingerprint density at radius 1 is 0.759 bits per heavy atom. The molecule has 1 aromatic heterocycles. The highest BCUT2D eigenvalue weighted by atomic mass is 19.1. The van der Waals surface area contributed by atoms with Gasteiger partial charge in [-0.05, 0) is 87.8 Å². The summed E-state index contributed by atoms with van der Waals surface area (Å²) < 4.78 is 14.2. The van der Waals surface area contributed by atoms with Gasteiger partial charge in [-0.15, -0.1) is 5.10 Å². The number of nitrogens with zero attached hydrogens (tertiary/aromatic N) is 5. The number of urea groups is 1. The van der Waals surface area contributed by atoms with Crippen LogP contribution in [0.15, 0.2) is 24.4 Å². The number of rotatable bonds is 18. The molecule has 19 heteroatoms. The number of halogens is 1. The Labute approximate surface area is 309 Å². The normalized spacial score (nSPS) is 16.3. The Bertz CT molecular complexity index is 1690. The molecule has 2 fully saturated rings. The van der Waals surface area contributed by atoms with Gasteiger partial charge in [0.2, 0.25) is 0 Å². The fourth-order valence-corrected chi connectivity index (χ4v) is 6.70. The van der Waals surface area contributed by atoms with Crippen molar-refractivity contribution >= 4 is 41.7 Å². The summed E-state index contributed by atoms with van der Waals surface area (Å²) in [6.07, 6.45) is 3.98. The van der Waals surface area contributed by atoms with Crippen LogP contribution in [0, 0.1) is 11.8 Å². The molecule has 1 aromatic carbocycles. The zero-order valence-corrected chi connectivity index (χ0v) is 29.7. The van der Waals surface area contributed by atoms with Crippen molar-refractivity contribution in [3.05, 3.63) is 41.2 Å². The number of nitrogens with one attached hydrogen (secondary N) is 2. The number of aryl methyl sites for hydroxylation is 1. The van der Waals surface area contributed by atoms with E-state index >= 15 is 0 Å². The van der Waals surface area contributed by atoms with Crippen LogP contribution in [0.25, 0.3) is 5.69 Å². The van der Waals surface area contributed by atoms with Crippen molar-refractivity contribution < 1.29 is 58.4 Å². The van der Waals surface area contributed by atoms with Crippen LogP contribution >= 0.6 is 0 Å². The number of hydrogen-bond donors (Lipinski definition) is 6. The second-order valence-electron chi connectivity index (χ2n) is 13.7. The fourth-order valence-electron chi connectivity index (χ4n) is 6.70. The maximum Gasteiger partial charge on any atom is 0.326 e. The number of alkyl halides is 1. The predicted octanol–water partition coefficient (Wildman–Crippen LogP) is 2.20. The Morgan fingerprint density at radius 3 is 1.81 bits per heavy atom. The van der Waals surface area contributed by atoms with Gasteiger partial charge in [-0.25, -0.2) is 19.1 Å². The first-order chi connectivity index (χ1) is 25.7. The van der Waals surface area contributed by atoms with Gasteiger partial charge in [0, 0.05) is 50.1 Å². The van der Waals surface area contributed by atoms with Crippen molar-refractivity contribution in [1.82, 2.24) is 35.4 Å². The number of aliphatic carboxylic acids is 4. The van der Waals surface area contributed by atoms with Gasteiger partial charge in [0.05, 0.1) is 24.3 Å². The molecule has 54 heavy (non-hydrogen) atoms. The van der Waals surface area contributed by atoms with Crippen LogP contribution in [0.2, 0.25) is 0 Å². The van der Waals surface area contributed by atoms with Gasteiger partial charge in [0.15, 0.2) is 0 Å². The number of piperidine rings is 2. The van der Waals surface area contributed by atoms with Gasteiger partial charge in [-0.1, -0.05) is 5.21 Å². The minimum Gasteiger partial charge on any atom is -0.481 e. The Hall–Kier alpha value is -5.62. The fraction of sp³-hybridized carbons (Fsp3) is 0.571. The zero-order chi connectivity index (χ0) is 39.4. The molecule has 0 aliphatic carbocycles. The van der Waals surface area contributed by atoms with Crippen molar-refractivity contribution in [1.29, 1.82) is 0 Å². The number of amides is 4. The number of carboxylic acid groups (broad SMARTS) is 4. The van der Waals surface area contributed by atoms with Crippen LogP contribution in [-0.4, -0.2) is 132 Å². The Morgan fingerprint density at radius 2 is 1.30 bits per heavy atom. The van der Waals surface area contributed by atoms with Crippen molar-refractivity contribution in [2.45, 2.75) is 82.7 Å². The number of carbonyl (C=O) groups is 7. The number of benzene rings is 1. The smallest absolute Gasteiger partial charge is 0.326 e. The molecule has 2 aliphatic heterocycles. The SMILES string of the molecule is O=C(O)CCC1CCN(C(=O)c2cc(C(=O)N3CCC(C[C@H](NC(=O)N[C@@H](CCC(=O)O)C(=O)O)C(=O)O)CC3)cc(-n3cc(CCCF)nn3)c2)CC1. The second kappa shape index (κ2) is 19.5. The van der Waals surface area contributed by atoms with Crippen LogP contribution in [0.5, 0.6) is 0 Å². The predicted molar refractivity (Wildman–Crippen MR) is 186 cm³/mol. The summed E-state index contributed by atoms with van der Waals surface area (Å²) in [4.78, 5) is 88.7. The Kier molecular flexibility index (Phi) is 14.8. The molecule has 2 saturated heterocycles. The van der Waals surface area contributed by atoms with E-state index in [4.69, 9.17) is 10.2 Å². The van der Waals surface area contributed by atoms with Crippen molar-refractivity contribution in [2.24, 2.45) is 11.8 Å². The summed E-state index contributed by atoms with van der Waals surface area (Å²) in [5.74, 6) is -5.64. The molecule has 0 saturated carbocycles. The van der Waals surface area contributed by atoms with Gasteiger partial charge in [0.25, 0.3) is 11.8 Å². The summed E-state index contributed by atoms with van der Waals surface area (Å²) in [7, 11) is 0. The quantitative estimate of drug-likeness (QED) is 0.128. The number of hydrogen-bond acceptors (Lipinski definition) is 9. The summed E-state index contributed by atoms with van der Waals surface area (Å²) >= 11 is 0. The lowest BCUT2D eigenvalue weighted by molar-refractivity contribution is -0.141. The molecule has 2 aliphatic rings. The average Bonchev–Trinajstić information content (AvgIpc) is 3.63. The molecule has 294 valence electrons. The first kappa shape index (κ1) is 41.1. The summed E-state index contributed by atoms with van der Waals surface area (Å²) in [6, 6.07) is 0.728. The topological polar surface area (TPSA) is 262 Å². The molecule has 6 N–H and O–H groups in total. The largest absolute Gasteiger partial charge is 0.481 e. The van der Waals surface area contributed by atoms with Crippen molar-refractivity contribution in [3.8, 4) is 5.69 Å². The van der Waals surface area contributed by atoms with Crippen LogP contribution in [0.4, 0.5) is 9.18 Å². The molecule has 4 amide bonds. The zero-order valence-electron chi connectivity index (χ0n) is 29.7. The standard InChI is InChI=1S/C35H46FN7O11/c36-11-1-2-25-20-43(40-39-25)26-18-23(31(48)41-12-7-21(8-13-41)3-5-29(44)45)17-24(19-26)32(49)42-14-9-22(10-15-42)16-28(34(52)53)38-35(54)37-27(33(50)51)4-6-30(46)47/h17-22,27-28H,1-16H2,(H,44,45)(H,46,47)(H,50,51)(H,52,53)(H2,37,38,54)/t27-,28-/m0/s1. The molecular weight excluding hydrogens is 713 g/mol. The Balaban J connectivity index is 1.43. The number of likely N-dealkylation sites (tertiary alicyclic amines) is 2. The molecular formula is C35H46FN7O11. The van der Waals surface area contributed by atoms with E-state index < -0.39 is 61.5 Å². The summed E-state index contributed by atoms with van der Waals surface area (Å²) in [6.45, 7) is 0.823. The molecule has 0 unspecified atom stereocenters. The summed E-state index contributed by atoms with van der Waals surface area (Å²) in [5, 5.41) is 49.5. The molecule has 2 aromatic rings. The van der Waals surface area contributed by atoms with Crippen LogP contribution in [0.1, 0.15) is 90.6 Å². The van der Waals surface area contributed by atoms with Crippen molar-refractivity contribution in [2.75, 3.05) is 32.9 Å². The van der Waals surface area contributed by atoms with Gasteiger partial charge in [-0.2, -0.15) is 0 Å². The van der Waals surface area contributed by atoms with Gasteiger partial charge < -0.3 is 40.9 Å². The monoisotopic (exact) mass is 759 g/mol. The van der Waals surface area contributed by atoms with E-state index in [1.807, 2.05) is 0 Å². The third kappa shape index (κ3) is 12.0. The first-order valence-electron chi connectivity index (χ1n) is 17.9. The van der Waals surface area contributed by atoms with Gasteiger partial charge in [-0.3, -0.25) is 23.6 Å². The highest BCUT2D eigenvalue weighted by Gasteiger charge is 2.31. The molecule has 3 heterocycles. The number of carboxylic acids is 4. The van der Waals surface area contributed by atoms with Crippen LogP contribution in [0.3, 0.4) is 0 Å². The average molecular weight is 760 g/mol. The molecule has 0 radical (unpaired) electrons. The second-order valence-corrected chi connectivity index (χ2v) is 13.7.